The van der Waals surface area contributed by atoms with E-state index in [-0.39, 0.29) is 17.8 Å². The van der Waals surface area contributed by atoms with Crippen LogP contribution in [0.4, 0.5) is 4.39 Å². The zero-order chi connectivity index (χ0) is 14.7. The first-order valence-corrected chi connectivity index (χ1v) is 6.61. The highest BCUT2D eigenvalue weighted by Crippen LogP contribution is 2.15. The summed E-state index contributed by atoms with van der Waals surface area (Å²) in [6.07, 6.45) is 0. The van der Waals surface area contributed by atoms with E-state index in [0.717, 1.165) is 16.7 Å². The molecule has 1 N–H and O–H groups in total. The number of benzene rings is 2. The monoisotopic (exact) mass is 271 g/mol. The quantitative estimate of drug-likeness (QED) is 0.900. The third kappa shape index (κ3) is 3.23. The first kappa shape index (κ1) is 14.3. The predicted molar refractivity (Wildman–Crippen MR) is 78.2 cm³/mol. The summed E-state index contributed by atoms with van der Waals surface area (Å²) in [5.41, 5.74) is 3.77. The molecule has 2 rings (SSSR count). The molecule has 0 heterocycles. The number of rotatable bonds is 3. The number of carbonyl (C=O) groups excluding carboxylic acids is 1. The van der Waals surface area contributed by atoms with Gasteiger partial charge >= 0.3 is 0 Å². The molecular formula is C17H18FNO. The van der Waals surface area contributed by atoms with Crippen LogP contribution in [0, 0.1) is 19.7 Å². The molecule has 2 aromatic rings. The second-order valence-electron chi connectivity index (χ2n) is 5.05. The molecule has 0 aromatic heterocycles. The highest BCUT2D eigenvalue weighted by Gasteiger charge is 2.12. The fraction of sp³-hybridized carbons (Fsp3) is 0.235. The van der Waals surface area contributed by atoms with Crippen molar-refractivity contribution in [1.29, 1.82) is 0 Å². The summed E-state index contributed by atoms with van der Waals surface area (Å²) in [5, 5.41) is 2.92. The molecule has 2 aromatic carbocycles. The molecule has 2 nitrogen and oxygen atoms in total. The standard InChI is InChI=1S/C17H18FNO/c1-11-4-5-15(10-12(11)2)17(20)19-13(3)14-6-8-16(18)9-7-14/h4-10,13H,1-3H3,(H,19,20)/t13-/m1/s1. The largest absolute Gasteiger partial charge is 0.346 e. The van der Waals surface area contributed by atoms with E-state index in [1.807, 2.05) is 39.0 Å². The Bertz CT molecular complexity index is 619. The van der Waals surface area contributed by atoms with Crippen molar-refractivity contribution in [2.45, 2.75) is 26.8 Å². The topological polar surface area (TPSA) is 29.1 Å². The average molecular weight is 271 g/mol. The Morgan fingerprint density at radius 2 is 1.70 bits per heavy atom. The minimum absolute atomic E-state index is 0.120. The third-order valence-corrected chi connectivity index (χ3v) is 3.49. The van der Waals surface area contributed by atoms with Crippen LogP contribution in [-0.2, 0) is 0 Å². The van der Waals surface area contributed by atoms with Crippen LogP contribution in [0.5, 0.6) is 0 Å². The van der Waals surface area contributed by atoms with Gasteiger partial charge in [0.25, 0.3) is 5.91 Å². The molecule has 0 unspecified atom stereocenters. The number of aryl methyl sites for hydroxylation is 2. The van der Waals surface area contributed by atoms with Gasteiger partial charge < -0.3 is 5.32 Å². The maximum Gasteiger partial charge on any atom is 0.251 e. The summed E-state index contributed by atoms with van der Waals surface area (Å²) in [4.78, 5) is 12.2. The lowest BCUT2D eigenvalue weighted by atomic mass is 10.0. The zero-order valence-corrected chi connectivity index (χ0v) is 11.9. The molecule has 0 spiro atoms. The van der Waals surface area contributed by atoms with Crippen molar-refractivity contribution in [2.75, 3.05) is 0 Å². The zero-order valence-electron chi connectivity index (χ0n) is 11.9. The molecule has 0 radical (unpaired) electrons. The van der Waals surface area contributed by atoms with Crippen LogP contribution in [0.3, 0.4) is 0 Å². The molecule has 0 saturated heterocycles. The molecule has 1 atom stereocenters. The Labute approximate surface area is 118 Å². The number of amides is 1. The highest BCUT2D eigenvalue weighted by molar-refractivity contribution is 5.94. The van der Waals surface area contributed by atoms with Gasteiger partial charge in [-0.15, -0.1) is 0 Å². The van der Waals surface area contributed by atoms with E-state index in [0.29, 0.717) is 5.56 Å². The van der Waals surface area contributed by atoms with Gasteiger partial charge in [-0.1, -0.05) is 18.2 Å². The van der Waals surface area contributed by atoms with Gasteiger partial charge in [-0.3, -0.25) is 4.79 Å². The van der Waals surface area contributed by atoms with Crippen LogP contribution >= 0.6 is 0 Å². The molecule has 1 amide bonds. The maximum atomic E-state index is 12.9. The van der Waals surface area contributed by atoms with E-state index >= 15 is 0 Å². The second kappa shape index (κ2) is 5.87. The van der Waals surface area contributed by atoms with Gasteiger partial charge in [0.2, 0.25) is 0 Å². The summed E-state index contributed by atoms with van der Waals surface area (Å²) < 4.78 is 12.9. The van der Waals surface area contributed by atoms with Crippen molar-refractivity contribution in [3.63, 3.8) is 0 Å². The molecule has 0 saturated carbocycles. The van der Waals surface area contributed by atoms with Crippen LogP contribution in [-0.4, -0.2) is 5.91 Å². The molecule has 3 heteroatoms. The Balaban J connectivity index is 2.10. The van der Waals surface area contributed by atoms with Crippen molar-refractivity contribution in [3.8, 4) is 0 Å². The number of carbonyl (C=O) groups is 1. The van der Waals surface area contributed by atoms with Crippen molar-refractivity contribution >= 4 is 5.91 Å². The predicted octanol–water partition coefficient (Wildman–Crippen LogP) is 3.93. The maximum absolute atomic E-state index is 12.9. The van der Waals surface area contributed by atoms with Gasteiger partial charge in [0.1, 0.15) is 5.82 Å². The van der Waals surface area contributed by atoms with Crippen LogP contribution in [0.2, 0.25) is 0 Å². The van der Waals surface area contributed by atoms with E-state index in [1.54, 1.807) is 12.1 Å². The molecule has 20 heavy (non-hydrogen) atoms. The minimum atomic E-state index is -0.276. The molecule has 0 aliphatic rings. The van der Waals surface area contributed by atoms with Gasteiger partial charge in [0, 0.05) is 5.56 Å². The molecule has 0 fully saturated rings. The van der Waals surface area contributed by atoms with E-state index < -0.39 is 0 Å². The van der Waals surface area contributed by atoms with Gasteiger partial charge in [-0.2, -0.15) is 0 Å². The molecule has 0 aliphatic heterocycles. The lowest BCUT2D eigenvalue weighted by Gasteiger charge is -2.15. The fourth-order valence-corrected chi connectivity index (χ4v) is 2.00. The Morgan fingerprint density at radius 3 is 2.30 bits per heavy atom. The summed E-state index contributed by atoms with van der Waals surface area (Å²) in [6, 6.07) is 11.6. The van der Waals surface area contributed by atoms with Crippen molar-refractivity contribution < 1.29 is 9.18 Å². The molecule has 0 bridgehead atoms. The van der Waals surface area contributed by atoms with Gasteiger partial charge in [-0.05, 0) is 61.7 Å². The molecular weight excluding hydrogens is 253 g/mol. The lowest BCUT2D eigenvalue weighted by molar-refractivity contribution is 0.0940. The van der Waals surface area contributed by atoms with Crippen LogP contribution in [0.15, 0.2) is 42.5 Å². The normalized spacial score (nSPS) is 12.0. The first-order valence-electron chi connectivity index (χ1n) is 6.61. The summed E-state index contributed by atoms with van der Waals surface area (Å²) >= 11 is 0. The van der Waals surface area contributed by atoms with Crippen molar-refractivity contribution in [1.82, 2.24) is 5.32 Å². The number of hydrogen-bond acceptors (Lipinski definition) is 1. The fourth-order valence-electron chi connectivity index (χ4n) is 2.00. The summed E-state index contributed by atoms with van der Waals surface area (Å²) in [7, 11) is 0. The first-order chi connectivity index (χ1) is 9.47. The van der Waals surface area contributed by atoms with E-state index in [9.17, 15) is 9.18 Å². The van der Waals surface area contributed by atoms with Crippen molar-refractivity contribution in [3.05, 3.63) is 70.5 Å². The Hall–Kier alpha value is -2.16. The van der Waals surface area contributed by atoms with Crippen LogP contribution < -0.4 is 5.32 Å². The number of nitrogens with one attached hydrogen (secondary N) is 1. The van der Waals surface area contributed by atoms with E-state index in [1.165, 1.54) is 12.1 Å². The average Bonchev–Trinajstić information content (AvgIpc) is 2.42. The summed E-state index contributed by atoms with van der Waals surface area (Å²) in [5.74, 6) is -0.397. The second-order valence-corrected chi connectivity index (χ2v) is 5.05. The van der Waals surface area contributed by atoms with Gasteiger partial charge in [0.05, 0.1) is 6.04 Å². The Morgan fingerprint density at radius 1 is 1.05 bits per heavy atom. The highest BCUT2D eigenvalue weighted by atomic mass is 19.1. The van der Waals surface area contributed by atoms with Crippen LogP contribution in [0.1, 0.15) is 40.0 Å². The Kier molecular flexibility index (Phi) is 4.18. The van der Waals surface area contributed by atoms with Crippen LogP contribution in [0.25, 0.3) is 0 Å². The minimum Gasteiger partial charge on any atom is -0.346 e. The van der Waals surface area contributed by atoms with E-state index in [4.69, 9.17) is 0 Å². The van der Waals surface area contributed by atoms with Gasteiger partial charge in [-0.25, -0.2) is 4.39 Å². The number of hydrogen-bond donors (Lipinski definition) is 1. The smallest absolute Gasteiger partial charge is 0.251 e. The third-order valence-electron chi connectivity index (χ3n) is 3.49. The SMILES string of the molecule is Cc1ccc(C(=O)N[C@H](C)c2ccc(F)cc2)cc1C. The van der Waals surface area contributed by atoms with Crippen molar-refractivity contribution in [2.24, 2.45) is 0 Å². The lowest BCUT2D eigenvalue weighted by Crippen LogP contribution is -2.26. The van der Waals surface area contributed by atoms with Gasteiger partial charge in [0.15, 0.2) is 0 Å². The summed E-state index contributed by atoms with van der Waals surface area (Å²) in [6.45, 7) is 5.87. The molecule has 104 valence electrons. The molecule has 0 aliphatic carbocycles. The number of halogens is 1. The van der Waals surface area contributed by atoms with E-state index in [2.05, 4.69) is 5.32 Å².